The van der Waals surface area contributed by atoms with E-state index in [4.69, 9.17) is 10.5 Å². The molecular weight excluding hydrogens is 335 g/mol. The van der Waals surface area contributed by atoms with E-state index in [0.717, 1.165) is 30.5 Å². The number of nitrogens with two attached hydrogens (primary N) is 1. The van der Waals surface area contributed by atoms with Gasteiger partial charge in [0.15, 0.2) is 0 Å². The number of aromatic nitrogens is 1. The zero-order chi connectivity index (χ0) is 14.8. The number of benzene rings is 1. The van der Waals surface area contributed by atoms with Gasteiger partial charge in [0.05, 0.1) is 4.47 Å². The lowest BCUT2D eigenvalue weighted by Gasteiger charge is -2.18. The summed E-state index contributed by atoms with van der Waals surface area (Å²) < 4.78 is 19.8. The molecule has 1 aliphatic carbocycles. The van der Waals surface area contributed by atoms with Crippen LogP contribution in [-0.4, -0.2) is 4.98 Å². The highest BCUT2D eigenvalue weighted by molar-refractivity contribution is 9.10. The second-order valence-electron chi connectivity index (χ2n) is 5.15. The van der Waals surface area contributed by atoms with Crippen LogP contribution in [0.3, 0.4) is 0 Å². The Labute approximate surface area is 131 Å². The average Bonchev–Trinajstić information content (AvgIpc) is 2.50. The van der Waals surface area contributed by atoms with E-state index in [0.29, 0.717) is 22.6 Å². The number of halogens is 2. The molecule has 110 valence electrons. The maximum Gasteiger partial charge on any atom is 0.224 e. The standard InChI is InChI=1S/C16H16BrFN2O/c17-13-6-5-12(18)8-15(13)21-16-11(9-19)7-10-3-1-2-4-14(10)20-16/h5-8H,1-4,9,19H2. The lowest BCUT2D eigenvalue weighted by molar-refractivity contribution is 0.444. The second kappa shape index (κ2) is 6.12. The minimum absolute atomic E-state index is 0.347. The van der Waals surface area contributed by atoms with Gasteiger partial charge in [-0.3, -0.25) is 0 Å². The summed E-state index contributed by atoms with van der Waals surface area (Å²) in [6, 6.07) is 6.40. The van der Waals surface area contributed by atoms with Gasteiger partial charge in [0, 0.05) is 23.9 Å². The minimum atomic E-state index is -0.347. The summed E-state index contributed by atoms with van der Waals surface area (Å²) in [5.74, 6) is 0.540. The van der Waals surface area contributed by atoms with Gasteiger partial charge in [-0.05, 0) is 65.4 Å². The van der Waals surface area contributed by atoms with Crippen molar-refractivity contribution in [3.63, 3.8) is 0 Å². The Kier molecular flexibility index (Phi) is 4.22. The van der Waals surface area contributed by atoms with Crippen LogP contribution < -0.4 is 10.5 Å². The first kappa shape index (κ1) is 14.5. The number of aryl methyl sites for hydroxylation is 2. The summed E-state index contributed by atoms with van der Waals surface area (Å²) in [6.45, 7) is 0.350. The van der Waals surface area contributed by atoms with Crippen molar-refractivity contribution in [1.82, 2.24) is 4.98 Å². The van der Waals surface area contributed by atoms with Crippen molar-refractivity contribution < 1.29 is 9.13 Å². The molecule has 3 rings (SSSR count). The van der Waals surface area contributed by atoms with Crippen LogP contribution in [-0.2, 0) is 19.4 Å². The third-order valence-corrected chi connectivity index (χ3v) is 4.31. The monoisotopic (exact) mass is 350 g/mol. The molecule has 0 bridgehead atoms. The van der Waals surface area contributed by atoms with Crippen LogP contribution in [0.5, 0.6) is 11.6 Å². The summed E-state index contributed by atoms with van der Waals surface area (Å²) in [4.78, 5) is 4.60. The van der Waals surface area contributed by atoms with E-state index in [1.54, 1.807) is 6.07 Å². The van der Waals surface area contributed by atoms with Crippen molar-refractivity contribution in [3.05, 3.63) is 51.4 Å². The topological polar surface area (TPSA) is 48.1 Å². The molecule has 1 heterocycles. The molecule has 2 aromatic rings. The van der Waals surface area contributed by atoms with Gasteiger partial charge in [0.1, 0.15) is 11.6 Å². The van der Waals surface area contributed by atoms with Crippen LogP contribution in [0.4, 0.5) is 4.39 Å². The van der Waals surface area contributed by atoms with E-state index < -0.39 is 0 Å². The molecule has 1 aromatic heterocycles. The summed E-state index contributed by atoms with van der Waals surface area (Å²) in [5, 5.41) is 0. The van der Waals surface area contributed by atoms with Gasteiger partial charge in [0.2, 0.25) is 5.88 Å². The molecule has 1 aliphatic rings. The quantitative estimate of drug-likeness (QED) is 0.905. The smallest absolute Gasteiger partial charge is 0.224 e. The summed E-state index contributed by atoms with van der Waals surface area (Å²) in [5.41, 5.74) is 8.98. The molecule has 5 heteroatoms. The Morgan fingerprint density at radius 1 is 1.24 bits per heavy atom. The summed E-state index contributed by atoms with van der Waals surface area (Å²) in [6.07, 6.45) is 4.33. The van der Waals surface area contributed by atoms with E-state index in [2.05, 4.69) is 27.0 Å². The van der Waals surface area contributed by atoms with Gasteiger partial charge in [-0.15, -0.1) is 0 Å². The predicted molar refractivity (Wildman–Crippen MR) is 82.9 cm³/mol. The van der Waals surface area contributed by atoms with E-state index in [1.165, 1.54) is 24.1 Å². The molecule has 0 spiro atoms. The van der Waals surface area contributed by atoms with Gasteiger partial charge in [0.25, 0.3) is 0 Å². The zero-order valence-electron chi connectivity index (χ0n) is 11.5. The van der Waals surface area contributed by atoms with E-state index in [-0.39, 0.29) is 5.82 Å². The third kappa shape index (κ3) is 3.09. The molecule has 0 fully saturated rings. The van der Waals surface area contributed by atoms with Crippen molar-refractivity contribution in [1.29, 1.82) is 0 Å². The fourth-order valence-corrected chi connectivity index (χ4v) is 2.88. The van der Waals surface area contributed by atoms with Crippen LogP contribution in [0, 0.1) is 5.82 Å². The molecule has 0 radical (unpaired) electrons. The molecule has 0 atom stereocenters. The van der Waals surface area contributed by atoms with Crippen LogP contribution >= 0.6 is 15.9 Å². The van der Waals surface area contributed by atoms with Crippen molar-refractivity contribution in [2.24, 2.45) is 5.73 Å². The molecule has 0 amide bonds. The van der Waals surface area contributed by atoms with Gasteiger partial charge in [-0.1, -0.05) is 0 Å². The Balaban J connectivity index is 1.99. The molecular formula is C16H16BrFN2O. The van der Waals surface area contributed by atoms with E-state index >= 15 is 0 Å². The van der Waals surface area contributed by atoms with Gasteiger partial charge in [-0.25, -0.2) is 9.37 Å². The fourth-order valence-electron chi connectivity index (χ4n) is 2.56. The maximum absolute atomic E-state index is 13.4. The Morgan fingerprint density at radius 3 is 2.86 bits per heavy atom. The first-order valence-corrected chi connectivity index (χ1v) is 7.81. The van der Waals surface area contributed by atoms with Gasteiger partial charge >= 0.3 is 0 Å². The maximum atomic E-state index is 13.4. The highest BCUT2D eigenvalue weighted by Gasteiger charge is 2.16. The van der Waals surface area contributed by atoms with Crippen LogP contribution in [0.1, 0.15) is 29.7 Å². The highest BCUT2D eigenvalue weighted by Crippen LogP contribution is 2.33. The lowest BCUT2D eigenvalue weighted by Crippen LogP contribution is -2.10. The summed E-state index contributed by atoms with van der Waals surface area (Å²) >= 11 is 3.36. The lowest BCUT2D eigenvalue weighted by atomic mass is 9.95. The Hall–Kier alpha value is -1.46. The molecule has 21 heavy (non-hydrogen) atoms. The van der Waals surface area contributed by atoms with Crippen LogP contribution in [0.2, 0.25) is 0 Å². The largest absolute Gasteiger partial charge is 0.437 e. The zero-order valence-corrected chi connectivity index (χ0v) is 13.1. The van der Waals surface area contributed by atoms with E-state index in [9.17, 15) is 4.39 Å². The molecule has 0 aliphatic heterocycles. The SMILES string of the molecule is NCc1cc2c(nc1Oc1cc(F)ccc1Br)CCCC2. The number of fused-ring (bicyclic) bond motifs is 1. The minimum Gasteiger partial charge on any atom is -0.437 e. The Bertz CT molecular complexity index is 676. The molecule has 0 unspecified atom stereocenters. The number of pyridine rings is 1. The molecule has 0 saturated carbocycles. The molecule has 2 N–H and O–H groups in total. The van der Waals surface area contributed by atoms with Crippen LogP contribution in [0.15, 0.2) is 28.7 Å². The van der Waals surface area contributed by atoms with Crippen molar-refractivity contribution in [2.45, 2.75) is 32.2 Å². The number of ether oxygens (including phenoxy) is 1. The van der Waals surface area contributed by atoms with Gasteiger partial charge < -0.3 is 10.5 Å². The van der Waals surface area contributed by atoms with E-state index in [1.807, 2.05) is 0 Å². The molecule has 1 aromatic carbocycles. The predicted octanol–water partition coefficient (Wildman–Crippen LogP) is 4.11. The van der Waals surface area contributed by atoms with Gasteiger partial charge in [-0.2, -0.15) is 0 Å². The second-order valence-corrected chi connectivity index (χ2v) is 6.00. The average molecular weight is 351 g/mol. The van der Waals surface area contributed by atoms with Crippen LogP contribution in [0.25, 0.3) is 0 Å². The fraction of sp³-hybridized carbons (Fsp3) is 0.312. The normalized spacial score (nSPS) is 13.9. The third-order valence-electron chi connectivity index (χ3n) is 3.66. The molecule has 3 nitrogen and oxygen atoms in total. The number of hydrogen-bond donors (Lipinski definition) is 1. The van der Waals surface area contributed by atoms with Crippen molar-refractivity contribution in [2.75, 3.05) is 0 Å². The number of rotatable bonds is 3. The first-order valence-electron chi connectivity index (χ1n) is 7.02. The summed E-state index contributed by atoms with van der Waals surface area (Å²) in [7, 11) is 0. The van der Waals surface area contributed by atoms with Crippen molar-refractivity contribution in [3.8, 4) is 11.6 Å². The number of nitrogens with zero attached hydrogens (tertiary/aromatic N) is 1. The molecule has 0 saturated heterocycles. The number of hydrogen-bond acceptors (Lipinski definition) is 3. The highest BCUT2D eigenvalue weighted by atomic mass is 79.9. The Morgan fingerprint density at radius 2 is 2.05 bits per heavy atom. The van der Waals surface area contributed by atoms with Crippen molar-refractivity contribution >= 4 is 15.9 Å². The first-order chi connectivity index (χ1) is 10.2.